The molecular formula is C24H35N5O4S. The third kappa shape index (κ3) is 5.27. The van der Waals surface area contributed by atoms with Crippen molar-refractivity contribution in [2.45, 2.75) is 75.8 Å². The Labute approximate surface area is 201 Å². The van der Waals surface area contributed by atoms with Crippen molar-refractivity contribution >= 4 is 15.9 Å². The van der Waals surface area contributed by atoms with Crippen molar-refractivity contribution in [3.05, 3.63) is 35.9 Å². The number of hydrogen-bond acceptors (Lipinski definition) is 6. The molecular weight excluding hydrogens is 454 g/mol. The van der Waals surface area contributed by atoms with Crippen molar-refractivity contribution in [2.24, 2.45) is 5.92 Å². The van der Waals surface area contributed by atoms with Gasteiger partial charge in [-0.3, -0.25) is 4.79 Å². The number of aromatic nitrogens is 3. The summed E-state index contributed by atoms with van der Waals surface area (Å²) in [5.41, 5.74) is 0. The van der Waals surface area contributed by atoms with Gasteiger partial charge in [-0.2, -0.15) is 4.72 Å². The number of carbonyl (C=O) groups excluding carboxylic acids is 1. The molecule has 1 unspecified atom stereocenters. The van der Waals surface area contributed by atoms with Crippen LogP contribution in [0, 0.1) is 5.92 Å². The second-order valence-electron chi connectivity index (χ2n) is 9.58. The number of piperidine rings is 1. The number of nitrogens with one attached hydrogen (secondary N) is 1. The molecule has 1 aromatic carbocycles. The van der Waals surface area contributed by atoms with E-state index in [0.717, 1.165) is 50.3 Å². The van der Waals surface area contributed by atoms with E-state index >= 15 is 0 Å². The van der Waals surface area contributed by atoms with Crippen LogP contribution in [0.3, 0.4) is 0 Å². The number of ether oxygens (including phenoxy) is 1. The summed E-state index contributed by atoms with van der Waals surface area (Å²) in [6.07, 6.45) is 6.21. The van der Waals surface area contributed by atoms with Crippen molar-refractivity contribution in [3.8, 4) is 5.75 Å². The zero-order valence-electron chi connectivity index (χ0n) is 20.2. The smallest absolute Gasteiger partial charge is 0.241 e. The van der Waals surface area contributed by atoms with Gasteiger partial charge in [0.1, 0.15) is 23.4 Å². The highest BCUT2D eigenvalue weighted by molar-refractivity contribution is 7.89. The second-order valence-corrected chi connectivity index (χ2v) is 11.3. The summed E-state index contributed by atoms with van der Waals surface area (Å²) in [5.74, 6) is 2.31. The van der Waals surface area contributed by atoms with E-state index in [4.69, 9.17) is 4.74 Å². The van der Waals surface area contributed by atoms with Crippen molar-refractivity contribution in [3.63, 3.8) is 0 Å². The fourth-order valence-corrected chi connectivity index (χ4v) is 6.19. The largest absolute Gasteiger partial charge is 0.497 e. The van der Waals surface area contributed by atoms with Gasteiger partial charge in [0.25, 0.3) is 0 Å². The van der Waals surface area contributed by atoms with Gasteiger partial charge in [-0.05, 0) is 55.9 Å². The summed E-state index contributed by atoms with van der Waals surface area (Å²) in [7, 11) is -2.34. The van der Waals surface area contributed by atoms with Crippen LogP contribution in [0.2, 0.25) is 0 Å². The Bertz CT molecular complexity index is 1100. The average molecular weight is 490 g/mol. The lowest BCUT2D eigenvalue weighted by Crippen LogP contribution is -2.53. The van der Waals surface area contributed by atoms with Gasteiger partial charge in [0, 0.05) is 32.0 Å². The van der Waals surface area contributed by atoms with E-state index in [1.807, 2.05) is 13.8 Å². The van der Waals surface area contributed by atoms with Gasteiger partial charge in [0.2, 0.25) is 15.9 Å². The quantitative estimate of drug-likeness (QED) is 0.641. The first-order valence-electron chi connectivity index (χ1n) is 12.2. The van der Waals surface area contributed by atoms with Crippen LogP contribution in [0.15, 0.2) is 29.2 Å². The van der Waals surface area contributed by atoms with Crippen LogP contribution in [0.4, 0.5) is 0 Å². The van der Waals surface area contributed by atoms with Crippen molar-refractivity contribution < 1.29 is 17.9 Å². The summed E-state index contributed by atoms with van der Waals surface area (Å²) in [6, 6.07) is 5.31. The summed E-state index contributed by atoms with van der Waals surface area (Å²) in [5, 5.41) is 8.93. The van der Waals surface area contributed by atoms with Crippen molar-refractivity contribution in [1.29, 1.82) is 0 Å². The Kier molecular flexibility index (Phi) is 7.57. The fraction of sp³-hybridized carbons (Fsp3) is 0.625. The van der Waals surface area contributed by atoms with Crippen molar-refractivity contribution in [2.75, 3.05) is 20.2 Å². The van der Waals surface area contributed by atoms with Crippen LogP contribution in [-0.2, 0) is 27.8 Å². The lowest BCUT2D eigenvalue weighted by atomic mass is 9.95. The number of hydrogen-bond donors (Lipinski definition) is 1. The standard InChI is InChI=1S/C24H35N5O4S/c1-17(2)22(27-34(31,32)20-12-10-19(33-3)11-13-20)24(30)28-14-7-8-18(16-28)23-26-25-21-9-5-4-6-15-29(21)23/h10-13,17-18,22,27H,4-9,14-16H2,1-3H3/t18?,22-/m0/s1. The molecule has 2 aliphatic heterocycles. The zero-order chi connectivity index (χ0) is 24.3. The van der Waals surface area contributed by atoms with Crippen LogP contribution >= 0.6 is 0 Å². The number of methoxy groups -OCH3 is 1. The van der Waals surface area contributed by atoms with E-state index in [-0.39, 0.29) is 22.6 Å². The lowest BCUT2D eigenvalue weighted by molar-refractivity contribution is -0.135. The molecule has 1 amide bonds. The molecule has 9 nitrogen and oxygen atoms in total. The predicted molar refractivity (Wildman–Crippen MR) is 128 cm³/mol. The predicted octanol–water partition coefficient (Wildman–Crippen LogP) is 2.72. The van der Waals surface area contributed by atoms with Gasteiger partial charge in [0.05, 0.1) is 12.0 Å². The molecule has 1 aromatic heterocycles. The molecule has 2 aliphatic rings. The molecule has 2 aromatic rings. The Balaban J connectivity index is 1.50. The van der Waals surface area contributed by atoms with Crippen LogP contribution in [-0.4, -0.2) is 60.2 Å². The first kappa shape index (κ1) is 24.7. The SMILES string of the molecule is COc1ccc(S(=O)(=O)N[C@H](C(=O)N2CCCC(c3nnc4n3CCCCC4)C2)C(C)C)cc1. The highest BCUT2D eigenvalue weighted by atomic mass is 32.2. The Morgan fingerprint density at radius 3 is 2.56 bits per heavy atom. The zero-order valence-corrected chi connectivity index (χ0v) is 21.1. The van der Waals surface area contributed by atoms with Crippen LogP contribution in [0.1, 0.15) is 63.5 Å². The molecule has 34 heavy (non-hydrogen) atoms. The Morgan fingerprint density at radius 1 is 1.09 bits per heavy atom. The van der Waals surface area contributed by atoms with Crippen LogP contribution in [0.5, 0.6) is 5.75 Å². The molecule has 4 rings (SSSR count). The maximum absolute atomic E-state index is 13.5. The number of rotatable bonds is 7. The number of sulfonamides is 1. The number of likely N-dealkylation sites (tertiary alicyclic amines) is 1. The summed E-state index contributed by atoms with van der Waals surface area (Å²) >= 11 is 0. The van der Waals surface area contributed by atoms with Crippen LogP contribution in [0.25, 0.3) is 0 Å². The van der Waals surface area contributed by atoms with Crippen LogP contribution < -0.4 is 9.46 Å². The minimum Gasteiger partial charge on any atom is -0.497 e. The van der Waals surface area contributed by atoms with E-state index in [1.165, 1.54) is 25.7 Å². The fourth-order valence-electron chi connectivity index (χ4n) is 4.86. The maximum Gasteiger partial charge on any atom is 0.241 e. The minimum absolute atomic E-state index is 0.106. The molecule has 0 aliphatic carbocycles. The Hall–Kier alpha value is -2.46. The first-order chi connectivity index (χ1) is 16.3. The molecule has 1 fully saturated rings. The highest BCUT2D eigenvalue weighted by Gasteiger charge is 2.35. The third-order valence-corrected chi connectivity index (χ3v) is 8.28. The molecule has 3 heterocycles. The molecule has 186 valence electrons. The number of amides is 1. The van der Waals surface area contributed by atoms with Gasteiger partial charge in [-0.1, -0.05) is 20.3 Å². The summed E-state index contributed by atoms with van der Waals surface area (Å²) in [6.45, 7) is 5.80. The number of fused-ring (bicyclic) bond motifs is 1. The van der Waals surface area contributed by atoms with Gasteiger partial charge in [0.15, 0.2) is 0 Å². The van der Waals surface area contributed by atoms with Gasteiger partial charge in [-0.25, -0.2) is 8.42 Å². The maximum atomic E-state index is 13.5. The summed E-state index contributed by atoms with van der Waals surface area (Å²) in [4.78, 5) is 15.4. The molecule has 0 saturated carbocycles. The summed E-state index contributed by atoms with van der Waals surface area (Å²) < 4.78 is 36.1. The molecule has 0 spiro atoms. The van der Waals surface area contributed by atoms with Gasteiger partial charge in [-0.15, -0.1) is 10.2 Å². The van der Waals surface area contributed by atoms with Gasteiger partial charge < -0.3 is 14.2 Å². The minimum atomic E-state index is -3.87. The molecule has 0 radical (unpaired) electrons. The lowest BCUT2D eigenvalue weighted by Gasteiger charge is -2.35. The van der Waals surface area contributed by atoms with Gasteiger partial charge >= 0.3 is 0 Å². The van der Waals surface area contributed by atoms with E-state index in [0.29, 0.717) is 18.8 Å². The number of nitrogens with zero attached hydrogens (tertiary/aromatic N) is 4. The van der Waals surface area contributed by atoms with E-state index in [9.17, 15) is 13.2 Å². The number of benzene rings is 1. The molecule has 1 N–H and O–H groups in total. The molecule has 2 atom stereocenters. The third-order valence-electron chi connectivity index (χ3n) is 6.82. The number of aryl methyl sites for hydroxylation is 1. The normalized spacial score (nSPS) is 20.0. The van der Waals surface area contributed by atoms with E-state index in [1.54, 1.807) is 17.0 Å². The Morgan fingerprint density at radius 2 is 1.85 bits per heavy atom. The number of carbonyl (C=O) groups is 1. The first-order valence-corrected chi connectivity index (χ1v) is 13.7. The van der Waals surface area contributed by atoms with Crippen molar-refractivity contribution in [1.82, 2.24) is 24.4 Å². The molecule has 1 saturated heterocycles. The topological polar surface area (TPSA) is 106 Å². The second kappa shape index (κ2) is 10.4. The van der Waals surface area contributed by atoms with E-state index in [2.05, 4.69) is 19.5 Å². The molecule has 10 heteroatoms. The average Bonchev–Trinajstić information content (AvgIpc) is 3.10. The highest BCUT2D eigenvalue weighted by Crippen LogP contribution is 2.29. The monoisotopic (exact) mass is 489 g/mol. The van der Waals surface area contributed by atoms with E-state index < -0.39 is 16.1 Å². The molecule has 0 bridgehead atoms.